The van der Waals surface area contributed by atoms with Crippen molar-refractivity contribution in [2.45, 2.75) is 13.1 Å². The average Bonchev–Trinajstić information content (AvgIpc) is 2.84. The third-order valence-corrected chi connectivity index (χ3v) is 5.46. The first-order valence-electron chi connectivity index (χ1n) is 10.8. The minimum absolute atomic E-state index is 0.154. The summed E-state index contributed by atoms with van der Waals surface area (Å²) in [6.07, 6.45) is 0. The molecule has 0 atom stereocenters. The van der Waals surface area contributed by atoms with Crippen LogP contribution in [0.4, 0.5) is 17.1 Å². The summed E-state index contributed by atoms with van der Waals surface area (Å²) >= 11 is 0. The van der Waals surface area contributed by atoms with E-state index in [0.29, 0.717) is 12.2 Å². The Morgan fingerprint density at radius 3 is 2.48 bits per heavy atom. The van der Waals surface area contributed by atoms with E-state index in [2.05, 4.69) is 27.7 Å². The van der Waals surface area contributed by atoms with Gasteiger partial charge in [-0.1, -0.05) is 42.5 Å². The summed E-state index contributed by atoms with van der Waals surface area (Å²) in [5, 5.41) is 17.5. The van der Waals surface area contributed by atoms with Gasteiger partial charge in [-0.3, -0.25) is 19.8 Å². The smallest absolute Gasteiger partial charge is 0.293 e. The van der Waals surface area contributed by atoms with Crippen LogP contribution in [0.5, 0.6) is 0 Å². The molecule has 3 aromatic rings. The molecule has 1 amide bonds. The van der Waals surface area contributed by atoms with E-state index in [1.807, 2.05) is 42.5 Å². The molecular formula is C25H26N4O4. The van der Waals surface area contributed by atoms with Crippen LogP contribution in [-0.4, -0.2) is 42.0 Å². The fourth-order valence-electron chi connectivity index (χ4n) is 3.75. The molecule has 3 aromatic carbocycles. The van der Waals surface area contributed by atoms with Crippen molar-refractivity contribution in [1.29, 1.82) is 0 Å². The van der Waals surface area contributed by atoms with Crippen LogP contribution in [-0.2, 0) is 17.8 Å². The Morgan fingerprint density at radius 2 is 1.73 bits per heavy atom. The van der Waals surface area contributed by atoms with Crippen LogP contribution < -0.4 is 10.6 Å². The highest BCUT2D eigenvalue weighted by Crippen LogP contribution is 2.28. The van der Waals surface area contributed by atoms with Crippen LogP contribution in [0.3, 0.4) is 0 Å². The molecule has 0 saturated carbocycles. The summed E-state index contributed by atoms with van der Waals surface area (Å²) in [6.45, 7) is 4.51. The van der Waals surface area contributed by atoms with E-state index in [-0.39, 0.29) is 17.2 Å². The number of nitrogens with one attached hydrogen (secondary N) is 2. The number of rotatable bonds is 8. The van der Waals surface area contributed by atoms with Crippen molar-refractivity contribution < 1.29 is 14.5 Å². The maximum absolute atomic E-state index is 12.7. The van der Waals surface area contributed by atoms with Gasteiger partial charge in [0.05, 0.1) is 18.1 Å². The highest BCUT2D eigenvalue weighted by atomic mass is 16.6. The molecule has 1 saturated heterocycles. The molecule has 2 N–H and O–H groups in total. The van der Waals surface area contributed by atoms with Gasteiger partial charge in [-0.05, 0) is 35.4 Å². The molecule has 1 aliphatic heterocycles. The third kappa shape index (κ3) is 6.15. The number of carbonyl (C=O) groups excluding carboxylic acids is 1. The number of hydrogen-bond acceptors (Lipinski definition) is 6. The molecule has 4 rings (SSSR count). The molecule has 1 heterocycles. The minimum Gasteiger partial charge on any atom is -0.379 e. The van der Waals surface area contributed by atoms with E-state index in [9.17, 15) is 14.9 Å². The Bertz CT molecular complexity index is 1110. The van der Waals surface area contributed by atoms with E-state index in [1.165, 1.54) is 11.6 Å². The zero-order valence-electron chi connectivity index (χ0n) is 18.2. The summed E-state index contributed by atoms with van der Waals surface area (Å²) in [4.78, 5) is 26.1. The van der Waals surface area contributed by atoms with Crippen molar-refractivity contribution >= 4 is 23.0 Å². The standard InChI is InChI=1S/C25H26N4O4/c30-25(26-17-19-5-4-6-20(15-19)18-28-11-13-33-14-12-28)21-9-10-23(24(16-21)29(31)32)27-22-7-2-1-3-8-22/h1-10,15-16,27H,11-14,17-18H2,(H,26,30). The van der Waals surface area contributed by atoms with Gasteiger partial charge in [0.1, 0.15) is 5.69 Å². The second-order valence-corrected chi connectivity index (χ2v) is 7.87. The Balaban J connectivity index is 1.40. The molecule has 0 bridgehead atoms. The molecule has 1 aliphatic rings. The molecule has 0 spiro atoms. The van der Waals surface area contributed by atoms with Crippen molar-refractivity contribution in [3.63, 3.8) is 0 Å². The monoisotopic (exact) mass is 446 g/mol. The van der Waals surface area contributed by atoms with E-state index < -0.39 is 4.92 Å². The summed E-state index contributed by atoms with van der Waals surface area (Å²) < 4.78 is 5.39. The number of hydrogen-bond donors (Lipinski definition) is 2. The van der Waals surface area contributed by atoms with Crippen LogP contribution >= 0.6 is 0 Å². The van der Waals surface area contributed by atoms with Gasteiger partial charge in [0.25, 0.3) is 11.6 Å². The van der Waals surface area contributed by atoms with Crippen LogP contribution in [0.1, 0.15) is 21.5 Å². The fourth-order valence-corrected chi connectivity index (χ4v) is 3.75. The number of para-hydroxylation sites is 1. The Labute approximate surface area is 192 Å². The molecule has 0 aliphatic carbocycles. The summed E-state index contributed by atoms with van der Waals surface area (Å²) in [6, 6.07) is 21.7. The van der Waals surface area contributed by atoms with E-state index in [4.69, 9.17) is 4.74 Å². The lowest BCUT2D eigenvalue weighted by Crippen LogP contribution is -2.35. The molecule has 1 fully saturated rings. The number of carbonyl (C=O) groups is 1. The number of amides is 1. The van der Waals surface area contributed by atoms with Gasteiger partial charge in [-0.25, -0.2) is 0 Å². The minimum atomic E-state index is -0.489. The number of nitro groups is 1. The third-order valence-electron chi connectivity index (χ3n) is 5.46. The maximum Gasteiger partial charge on any atom is 0.293 e. The quantitative estimate of drug-likeness (QED) is 0.399. The number of nitrogens with zero attached hydrogens (tertiary/aromatic N) is 2. The van der Waals surface area contributed by atoms with E-state index in [0.717, 1.165) is 44.1 Å². The zero-order chi connectivity index (χ0) is 23.0. The normalized spacial score (nSPS) is 13.9. The number of ether oxygens (including phenoxy) is 1. The highest BCUT2D eigenvalue weighted by Gasteiger charge is 2.18. The predicted molar refractivity (Wildman–Crippen MR) is 127 cm³/mol. The second-order valence-electron chi connectivity index (χ2n) is 7.87. The number of nitro benzene ring substituents is 1. The largest absolute Gasteiger partial charge is 0.379 e. The molecule has 8 nitrogen and oxygen atoms in total. The zero-order valence-corrected chi connectivity index (χ0v) is 18.2. The molecule has 170 valence electrons. The topological polar surface area (TPSA) is 96.7 Å². The molecule has 33 heavy (non-hydrogen) atoms. The summed E-state index contributed by atoms with van der Waals surface area (Å²) in [7, 11) is 0. The number of benzene rings is 3. The molecule has 0 radical (unpaired) electrons. The summed E-state index contributed by atoms with van der Waals surface area (Å²) in [5.74, 6) is -0.358. The Hall–Kier alpha value is -3.75. The maximum atomic E-state index is 12.7. The lowest BCUT2D eigenvalue weighted by Gasteiger charge is -2.26. The Kier molecular flexibility index (Phi) is 7.29. The van der Waals surface area contributed by atoms with Gasteiger partial charge in [-0.2, -0.15) is 0 Å². The SMILES string of the molecule is O=C(NCc1cccc(CN2CCOCC2)c1)c1ccc(Nc2ccccc2)c([N+](=O)[O-])c1. The second kappa shape index (κ2) is 10.7. The lowest BCUT2D eigenvalue weighted by atomic mass is 10.1. The summed E-state index contributed by atoms with van der Waals surface area (Å²) in [5.41, 5.74) is 3.30. The van der Waals surface area contributed by atoms with Gasteiger partial charge in [0, 0.05) is 43.5 Å². The van der Waals surface area contributed by atoms with Gasteiger partial charge >= 0.3 is 0 Å². The van der Waals surface area contributed by atoms with Crippen molar-refractivity contribution in [2.24, 2.45) is 0 Å². The first-order valence-corrected chi connectivity index (χ1v) is 10.8. The van der Waals surface area contributed by atoms with Crippen molar-refractivity contribution in [3.05, 3.63) is 99.6 Å². The molecule has 0 unspecified atom stereocenters. The predicted octanol–water partition coefficient (Wildman–Crippen LogP) is 4.10. The van der Waals surface area contributed by atoms with Crippen molar-refractivity contribution in [1.82, 2.24) is 10.2 Å². The fraction of sp³-hybridized carbons (Fsp3) is 0.240. The average molecular weight is 447 g/mol. The van der Waals surface area contributed by atoms with Crippen LogP contribution in [0.15, 0.2) is 72.8 Å². The van der Waals surface area contributed by atoms with Gasteiger partial charge in [-0.15, -0.1) is 0 Å². The lowest BCUT2D eigenvalue weighted by molar-refractivity contribution is -0.383. The van der Waals surface area contributed by atoms with Crippen LogP contribution in [0, 0.1) is 10.1 Å². The van der Waals surface area contributed by atoms with Crippen molar-refractivity contribution in [2.75, 3.05) is 31.6 Å². The molecule has 8 heteroatoms. The molecular weight excluding hydrogens is 420 g/mol. The highest BCUT2D eigenvalue weighted by molar-refractivity contribution is 5.95. The van der Waals surface area contributed by atoms with Crippen molar-refractivity contribution in [3.8, 4) is 0 Å². The number of morpholine rings is 1. The van der Waals surface area contributed by atoms with Gasteiger partial charge < -0.3 is 15.4 Å². The van der Waals surface area contributed by atoms with E-state index >= 15 is 0 Å². The Morgan fingerprint density at radius 1 is 0.970 bits per heavy atom. The first kappa shape index (κ1) is 22.4. The van der Waals surface area contributed by atoms with Crippen LogP contribution in [0.2, 0.25) is 0 Å². The number of anilines is 2. The first-order chi connectivity index (χ1) is 16.1. The van der Waals surface area contributed by atoms with E-state index in [1.54, 1.807) is 12.1 Å². The van der Waals surface area contributed by atoms with Gasteiger partial charge in [0.2, 0.25) is 0 Å². The van der Waals surface area contributed by atoms with Gasteiger partial charge in [0.15, 0.2) is 0 Å². The molecule has 0 aromatic heterocycles. The van der Waals surface area contributed by atoms with Crippen LogP contribution in [0.25, 0.3) is 0 Å².